The highest BCUT2D eigenvalue weighted by Crippen LogP contribution is 2.51. The van der Waals surface area contributed by atoms with Crippen LogP contribution in [0.3, 0.4) is 0 Å². The highest BCUT2D eigenvalue weighted by molar-refractivity contribution is 5.92. The van der Waals surface area contributed by atoms with E-state index in [2.05, 4.69) is 24.2 Å². The summed E-state index contributed by atoms with van der Waals surface area (Å²) in [6.45, 7) is 5.38. The van der Waals surface area contributed by atoms with Crippen LogP contribution in [-0.2, 0) is 0 Å². The third-order valence-corrected chi connectivity index (χ3v) is 3.73. The molecule has 1 aromatic rings. The number of anilines is 1. The zero-order chi connectivity index (χ0) is 12.3. The summed E-state index contributed by atoms with van der Waals surface area (Å²) in [4.78, 5) is 4.46. The maximum absolute atomic E-state index is 5.88. The molecular weight excluding hydrogens is 210 g/mol. The van der Waals surface area contributed by atoms with Crippen LogP contribution < -0.4 is 11.1 Å². The van der Waals surface area contributed by atoms with Gasteiger partial charge in [-0.05, 0) is 36.3 Å². The van der Waals surface area contributed by atoms with Crippen LogP contribution in [0, 0.1) is 11.3 Å². The zero-order valence-electron chi connectivity index (χ0n) is 10.6. The summed E-state index contributed by atoms with van der Waals surface area (Å²) < 4.78 is 0. The van der Waals surface area contributed by atoms with E-state index in [9.17, 15) is 0 Å². The molecular formula is C14H21N3. The van der Waals surface area contributed by atoms with E-state index in [4.69, 9.17) is 5.73 Å². The molecule has 3 N–H and O–H groups in total. The second-order valence-electron chi connectivity index (χ2n) is 5.21. The minimum Gasteiger partial charge on any atom is -0.370 e. The second-order valence-corrected chi connectivity index (χ2v) is 5.21. The van der Waals surface area contributed by atoms with Crippen LogP contribution in [0.2, 0.25) is 0 Å². The van der Waals surface area contributed by atoms with Gasteiger partial charge in [0.1, 0.15) is 0 Å². The molecule has 17 heavy (non-hydrogen) atoms. The molecule has 0 heterocycles. The van der Waals surface area contributed by atoms with Crippen LogP contribution in [0.4, 0.5) is 5.69 Å². The number of nitrogens with one attached hydrogen (secondary N) is 1. The summed E-state index contributed by atoms with van der Waals surface area (Å²) in [7, 11) is 0. The van der Waals surface area contributed by atoms with Crippen LogP contribution in [0.25, 0.3) is 0 Å². The summed E-state index contributed by atoms with van der Waals surface area (Å²) >= 11 is 0. The molecule has 0 spiro atoms. The van der Waals surface area contributed by atoms with Gasteiger partial charge in [0.2, 0.25) is 0 Å². The minimum atomic E-state index is 0.420. The number of guanidine groups is 1. The third kappa shape index (κ3) is 2.99. The van der Waals surface area contributed by atoms with Crippen LogP contribution in [-0.4, -0.2) is 12.5 Å². The summed E-state index contributed by atoms with van der Waals surface area (Å²) in [6.07, 6.45) is 2.57. The fourth-order valence-corrected chi connectivity index (χ4v) is 2.03. The van der Waals surface area contributed by atoms with Crippen molar-refractivity contribution in [1.29, 1.82) is 0 Å². The van der Waals surface area contributed by atoms with Crippen molar-refractivity contribution >= 4 is 11.6 Å². The van der Waals surface area contributed by atoms with E-state index in [1.165, 1.54) is 12.8 Å². The van der Waals surface area contributed by atoms with Crippen molar-refractivity contribution in [1.82, 2.24) is 0 Å². The van der Waals surface area contributed by atoms with Gasteiger partial charge in [0, 0.05) is 12.2 Å². The number of nitrogens with zero attached hydrogens (tertiary/aromatic N) is 1. The molecule has 3 nitrogen and oxygen atoms in total. The lowest BCUT2D eigenvalue weighted by Crippen LogP contribution is -2.25. The van der Waals surface area contributed by atoms with Crippen molar-refractivity contribution in [2.75, 3.05) is 11.9 Å². The fraction of sp³-hybridized carbons (Fsp3) is 0.500. The normalized spacial score (nSPS) is 18.2. The molecule has 1 fully saturated rings. The number of hydrogen-bond donors (Lipinski definition) is 2. The first-order chi connectivity index (χ1) is 8.12. The van der Waals surface area contributed by atoms with Gasteiger partial charge in [-0.15, -0.1) is 0 Å². The van der Waals surface area contributed by atoms with Gasteiger partial charge in [0.25, 0.3) is 0 Å². The average Bonchev–Trinajstić information content (AvgIpc) is 3.09. The topological polar surface area (TPSA) is 50.4 Å². The average molecular weight is 231 g/mol. The number of para-hydroxylation sites is 1. The van der Waals surface area contributed by atoms with Gasteiger partial charge in [-0.2, -0.15) is 0 Å². The Morgan fingerprint density at radius 3 is 2.53 bits per heavy atom. The molecule has 1 saturated carbocycles. The summed E-state index contributed by atoms with van der Waals surface area (Å²) in [6, 6.07) is 9.91. The van der Waals surface area contributed by atoms with Gasteiger partial charge in [-0.3, -0.25) is 4.99 Å². The van der Waals surface area contributed by atoms with Crippen molar-refractivity contribution in [2.24, 2.45) is 22.1 Å². The molecule has 0 unspecified atom stereocenters. The van der Waals surface area contributed by atoms with Crippen LogP contribution in [0.1, 0.15) is 26.7 Å². The quantitative estimate of drug-likeness (QED) is 0.618. The van der Waals surface area contributed by atoms with Gasteiger partial charge in [0.15, 0.2) is 5.96 Å². The smallest absolute Gasteiger partial charge is 0.193 e. The maximum atomic E-state index is 5.88. The predicted molar refractivity (Wildman–Crippen MR) is 73.1 cm³/mol. The molecule has 3 heteroatoms. The highest BCUT2D eigenvalue weighted by Gasteiger charge is 2.44. The third-order valence-electron chi connectivity index (χ3n) is 3.73. The van der Waals surface area contributed by atoms with Crippen molar-refractivity contribution in [2.45, 2.75) is 26.7 Å². The molecule has 1 aromatic carbocycles. The monoisotopic (exact) mass is 231 g/mol. The molecule has 92 valence electrons. The van der Waals surface area contributed by atoms with Gasteiger partial charge < -0.3 is 11.1 Å². The first kappa shape index (κ1) is 12.0. The molecule has 0 atom stereocenters. The lowest BCUT2D eigenvalue weighted by Gasteiger charge is -2.17. The zero-order valence-corrected chi connectivity index (χ0v) is 10.6. The Balaban J connectivity index is 1.90. The molecule has 2 rings (SSSR count). The van der Waals surface area contributed by atoms with Gasteiger partial charge in [-0.1, -0.05) is 32.0 Å². The summed E-state index contributed by atoms with van der Waals surface area (Å²) in [5.41, 5.74) is 7.29. The molecule has 0 amide bonds. The van der Waals surface area contributed by atoms with E-state index < -0.39 is 0 Å². The van der Waals surface area contributed by atoms with E-state index in [0.717, 1.165) is 12.2 Å². The SMILES string of the molecule is CC(C)C1(CN=C(N)Nc2ccccc2)CC1. The maximum Gasteiger partial charge on any atom is 0.193 e. The number of hydrogen-bond acceptors (Lipinski definition) is 1. The lowest BCUT2D eigenvalue weighted by molar-refractivity contribution is 0.371. The first-order valence-electron chi connectivity index (χ1n) is 6.24. The predicted octanol–water partition coefficient (Wildman–Crippen LogP) is 2.85. The molecule has 0 bridgehead atoms. The molecule has 1 aliphatic rings. The Morgan fingerprint density at radius 1 is 1.35 bits per heavy atom. The van der Waals surface area contributed by atoms with Crippen LogP contribution >= 0.6 is 0 Å². The summed E-state index contributed by atoms with van der Waals surface area (Å²) in [5, 5.41) is 3.11. The number of aliphatic imine (C=N–C) groups is 1. The Labute approximate surface area is 103 Å². The molecule has 1 aliphatic carbocycles. The molecule has 0 radical (unpaired) electrons. The van der Waals surface area contributed by atoms with Crippen LogP contribution in [0.5, 0.6) is 0 Å². The van der Waals surface area contributed by atoms with Crippen molar-refractivity contribution < 1.29 is 0 Å². The van der Waals surface area contributed by atoms with E-state index in [-0.39, 0.29) is 0 Å². The van der Waals surface area contributed by atoms with Crippen molar-refractivity contribution in [3.05, 3.63) is 30.3 Å². The van der Waals surface area contributed by atoms with E-state index in [0.29, 0.717) is 17.3 Å². The Hall–Kier alpha value is -1.51. The van der Waals surface area contributed by atoms with Crippen LogP contribution in [0.15, 0.2) is 35.3 Å². The largest absolute Gasteiger partial charge is 0.370 e. The Kier molecular flexibility index (Phi) is 3.36. The van der Waals surface area contributed by atoms with Gasteiger partial charge in [0.05, 0.1) is 0 Å². The minimum absolute atomic E-state index is 0.420. The molecule has 0 saturated heterocycles. The van der Waals surface area contributed by atoms with E-state index >= 15 is 0 Å². The Bertz CT molecular complexity index is 391. The molecule has 0 aromatic heterocycles. The fourth-order valence-electron chi connectivity index (χ4n) is 2.03. The standard InChI is InChI=1S/C14H21N3/c1-11(2)14(8-9-14)10-16-13(15)17-12-6-4-3-5-7-12/h3-7,11H,8-10H2,1-2H3,(H3,15,16,17). The van der Waals surface area contributed by atoms with E-state index in [1.807, 2.05) is 30.3 Å². The van der Waals surface area contributed by atoms with Gasteiger partial charge in [-0.25, -0.2) is 0 Å². The van der Waals surface area contributed by atoms with Gasteiger partial charge >= 0.3 is 0 Å². The first-order valence-corrected chi connectivity index (χ1v) is 6.24. The number of benzene rings is 1. The van der Waals surface area contributed by atoms with E-state index in [1.54, 1.807) is 0 Å². The highest BCUT2D eigenvalue weighted by atomic mass is 15.1. The summed E-state index contributed by atoms with van der Waals surface area (Å²) in [5.74, 6) is 1.21. The van der Waals surface area contributed by atoms with Crippen molar-refractivity contribution in [3.8, 4) is 0 Å². The lowest BCUT2D eigenvalue weighted by atomic mass is 9.93. The number of rotatable bonds is 4. The second kappa shape index (κ2) is 4.78. The number of nitrogens with two attached hydrogens (primary N) is 1. The van der Waals surface area contributed by atoms with Crippen molar-refractivity contribution in [3.63, 3.8) is 0 Å². The molecule has 0 aliphatic heterocycles. The Morgan fingerprint density at radius 2 is 2.00 bits per heavy atom.